The number of carbonyl (C=O) groups is 4. The fourth-order valence-electron chi connectivity index (χ4n) is 3.60. The Kier molecular flexibility index (Phi) is 6.24. The van der Waals surface area contributed by atoms with Gasteiger partial charge in [-0.15, -0.1) is 0 Å². The summed E-state index contributed by atoms with van der Waals surface area (Å²) in [5.74, 6) is -2.23. The van der Waals surface area contributed by atoms with Crippen molar-refractivity contribution in [2.45, 2.75) is 13.0 Å². The Hall–Kier alpha value is -3.97. The third kappa shape index (κ3) is 4.63. The summed E-state index contributed by atoms with van der Waals surface area (Å²) >= 11 is 5.88. The van der Waals surface area contributed by atoms with Crippen LogP contribution in [0, 0.1) is 0 Å². The van der Waals surface area contributed by atoms with Gasteiger partial charge in [0.15, 0.2) is 6.61 Å². The molecule has 0 aromatic heterocycles. The Bertz CT molecular complexity index is 1260. The fourth-order valence-corrected chi connectivity index (χ4v) is 3.79. The summed E-state index contributed by atoms with van der Waals surface area (Å²) in [7, 11) is 0. The molecular weight excluding hydrogens is 444 g/mol. The molecule has 0 bridgehead atoms. The van der Waals surface area contributed by atoms with Crippen LogP contribution in [0.4, 0.5) is 5.69 Å². The van der Waals surface area contributed by atoms with Crippen LogP contribution in [-0.2, 0) is 9.53 Å². The molecule has 1 N–H and O–H groups in total. The molecule has 0 spiro atoms. The van der Waals surface area contributed by atoms with Gasteiger partial charge in [0.2, 0.25) is 0 Å². The van der Waals surface area contributed by atoms with Crippen molar-refractivity contribution in [2.24, 2.45) is 0 Å². The first-order valence-electron chi connectivity index (χ1n) is 10.1. The highest BCUT2D eigenvalue weighted by Crippen LogP contribution is 2.31. The molecule has 1 atom stereocenters. The predicted octanol–water partition coefficient (Wildman–Crippen LogP) is 4.49. The number of benzene rings is 3. The summed E-state index contributed by atoms with van der Waals surface area (Å²) in [6.45, 7) is 1.25. The molecule has 33 heavy (non-hydrogen) atoms. The number of anilines is 1. The summed E-state index contributed by atoms with van der Waals surface area (Å²) in [5, 5.41) is 3.03. The van der Waals surface area contributed by atoms with Gasteiger partial charge in [-0.3, -0.25) is 19.3 Å². The monoisotopic (exact) mass is 462 g/mol. The molecule has 0 aliphatic carbocycles. The molecule has 1 aliphatic rings. The highest BCUT2D eigenvalue weighted by atomic mass is 35.5. The minimum Gasteiger partial charge on any atom is -0.452 e. The van der Waals surface area contributed by atoms with Crippen molar-refractivity contribution >= 4 is 41.0 Å². The average molecular weight is 463 g/mol. The fraction of sp³-hybridized carbons (Fsp3) is 0.120. The highest BCUT2D eigenvalue weighted by molar-refractivity contribution is 6.30. The van der Waals surface area contributed by atoms with Crippen LogP contribution >= 0.6 is 11.6 Å². The number of fused-ring (bicyclic) bond motifs is 1. The number of imide groups is 1. The van der Waals surface area contributed by atoms with E-state index in [1.54, 1.807) is 31.2 Å². The van der Waals surface area contributed by atoms with Crippen molar-refractivity contribution in [3.8, 4) is 0 Å². The van der Waals surface area contributed by atoms with Crippen LogP contribution in [0.3, 0.4) is 0 Å². The van der Waals surface area contributed by atoms with Crippen LogP contribution < -0.4 is 5.32 Å². The Labute approximate surface area is 194 Å². The van der Waals surface area contributed by atoms with E-state index in [9.17, 15) is 19.2 Å². The van der Waals surface area contributed by atoms with Gasteiger partial charge in [0.1, 0.15) is 0 Å². The minimum atomic E-state index is -0.783. The number of rotatable bonds is 6. The molecule has 7 nitrogen and oxygen atoms in total. The van der Waals surface area contributed by atoms with E-state index in [2.05, 4.69) is 5.32 Å². The van der Waals surface area contributed by atoms with E-state index in [1.807, 2.05) is 30.3 Å². The van der Waals surface area contributed by atoms with Crippen molar-refractivity contribution in [3.63, 3.8) is 0 Å². The standard InChI is InChI=1S/C25H19ClN2O5/c1-15(16-6-3-2-4-7-16)28-23(30)20-11-10-17(12-21(20)24(28)31)25(32)33-14-22(29)27-19-9-5-8-18(26)13-19/h2-13,15H,14H2,1H3,(H,27,29)/t15-/m0/s1. The lowest BCUT2D eigenvalue weighted by Crippen LogP contribution is -2.32. The maximum atomic E-state index is 13.0. The summed E-state index contributed by atoms with van der Waals surface area (Å²) in [6, 6.07) is 19.4. The molecule has 1 heterocycles. The number of amides is 3. The van der Waals surface area contributed by atoms with Gasteiger partial charge in [0.05, 0.1) is 22.7 Å². The molecule has 4 rings (SSSR count). The maximum Gasteiger partial charge on any atom is 0.338 e. The van der Waals surface area contributed by atoms with E-state index in [4.69, 9.17) is 16.3 Å². The van der Waals surface area contributed by atoms with Gasteiger partial charge in [-0.25, -0.2) is 4.79 Å². The van der Waals surface area contributed by atoms with Crippen molar-refractivity contribution in [2.75, 3.05) is 11.9 Å². The van der Waals surface area contributed by atoms with Gasteiger partial charge in [0.25, 0.3) is 17.7 Å². The number of hydrogen-bond acceptors (Lipinski definition) is 5. The van der Waals surface area contributed by atoms with Gasteiger partial charge in [-0.2, -0.15) is 0 Å². The zero-order chi connectivity index (χ0) is 23.5. The lowest BCUT2D eigenvalue weighted by atomic mass is 10.1. The molecule has 166 valence electrons. The second kappa shape index (κ2) is 9.26. The van der Waals surface area contributed by atoms with Crippen molar-refractivity contribution in [1.82, 2.24) is 4.90 Å². The van der Waals surface area contributed by atoms with Crippen LogP contribution in [0.15, 0.2) is 72.8 Å². The maximum absolute atomic E-state index is 13.0. The number of nitrogens with one attached hydrogen (secondary N) is 1. The van der Waals surface area contributed by atoms with Crippen LogP contribution in [0.1, 0.15) is 49.6 Å². The third-order valence-electron chi connectivity index (χ3n) is 5.27. The van der Waals surface area contributed by atoms with E-state index in [-0.39, 0.29) is 16.7 Å². The number of halogens is 1. The first-order valence-corrected chi connectivity index (χ1v) is 10.5. The molecule has 3 aromatic rings. The molecule has 0 saturated carbocycles. The first-order chi connectivity index (χ1) is 15.8. The SMILES string of the molecule is C[C@@H](c1ccccc1)N1C(=O)c2ccc(C(=O)OCC(=O)Nc3cccc(Cl)c3)cc2C1=O. The van der Waals surface area contributed by atoms with Crippen LogP contribution in [-0.4, -0.2) is 35.2 Å². The normalized spacial score (nSPS) is 13.5. The van der Waals surface area contributed by atoms with E-state index in [1.165, 1.54) is 23.1 Å². The molecule has 0 saturated heterocycles. The zero-order valence-corrected chi connectivity index (χ0v) is 18.3. The zero-order valence-electron chi connectivity index (χ0n) is 17.6. The molecule has 8 heteroatoms. The van der Waals surface area contributed by atoms with Gasteiger partial charge >= 0.3 is 5.97 Å². The smallest absolute Gasteiger partial charge is 0.338 e. The van der Waals surface area contributed by atoms with Crippen LogP contribution in [0.5, 0.6) is 0 Å². The predicted molar refractivity (Wildman–Crippen MR) is 122 cm³/mol. The Morgan fingerprint density at radius 3 is 2.39 bits per heavy atom. The lowest BCUT2D eigenvalue weighted by Gasteiger charge is -2.22. The molecule has 3 amide bonds. The molecule has 0 radical (unpaired) electrons. The van der Waals surface area contributed by atoms with Gasteiger partial charge in [0, 0.05) is 10.7 Å². The van der Waals surface area contributed by atoms with Crippen molar-refractivity contribution in [1.29, 1.82) is 0 Å². The van der Waals surface area contributed by atoms with E-state index in [0.29, 0.717) is 10.7 Å². The van der Waals surface area contributed by atoms with Gasteiger partial charge < -0.3 is 10.1 Å². The molecular formula is C25H19ClN2O5. The Morgan fingerprint density at radius 1 is 0.939 bits per heavy atom. The first kappa shape index (κ1) is 22.2. The number of nitrogens with zero attached hydrogens (tertiary/aromatic N) is 1. The second-order valence-electron chi connectivity index (χ2n) is 7.46. The molecule has 3 aromatic carbocycles. The van der Waals surface area contributed by atoms with Crippen LogP contribution in [0.2, 0.25) is 5.02 Å². The summed E-state index contributed by atoms with van der Waals surface area (Å²) in [4.78, 5) is 51.5. The molecule has 0 unspecified atom stereocenters. The van der Waals surface area contributed by atoms with Gasteiger partial charge in [-0.1, -0.05) is 48.0 Å². The number of hydrogen-bond donors (Lipinski definition) is 1. The largest absolute Gasteiger partial charge is 0.452 e. The number of esters is 1. The number of ether oxygens (including phenoxy) is 1. The molecule has 1 aliphatic heterocycles. The Morgan fingerprint density at radius 2 is 1.67 bits per heavy atom. The highest BCUT2D eigenvalue weighted by Gasteiger charge is 2.39. The van der Waals surface area contributed by atoms with Crippen molar-refractivity contribution in [3.05, 3.63) is 100 Å². The lowest BCUT2D eigenvalue weighted by molar-refractivity contribution is -0.119. The quantitative estimate of drug-likeness (QED) is 0.430. The third-order valence-corrected chi connectivity index (χ3v) is 5.50. The topological polar surface area (TPSA) is 92.8 Å². The Balaban J connectivity index is 1.44. The van der Waals surface area contributed by atoms with Crippen molar-refractivity contribution < 1.29 is 23.9 Å². The minimum absolute atomic E-state index is 0.0691. The molecule has 0 fully saturated rings. The van der Waals surface area contributed by atoms with Gasteiger partial charge in [-0.05, 0) is 48.9 Å². The van der Waals surface area contributed by atoms with E-state index >= 15 is 0 Å². The second-order valence-corrected chi connectivity index (χ2v) is 7.90. The summed E-state index contributed by atoms with van der Waals surface area (Å²) in [5.41, 5.74) is 1.70. The average Bonchev–Trinajstić information content (AvgIpc) is 3.07. The number of carbonyl (C=O) groups excluding carboxylic acids is 4. The van der Waals surface area contributed by atoms with Crippen LogP contribution in [0.25, 0.3) is 0 Å². The van der Waals surface area contributed by atoms with E-state index < -0.39 is 36.3 Å². The summed E-state index contributed by atoms with van der Waals surface area (Å²) in [6.07, 6.45) is 0. The van der Waals surface area contributed by atoms with E-state index in [0.717, 1.165) is 5.56 Å². The summed E-state index contributed by atoms with van der Waals surface area (Å²) < 4.78 is 5.06.